The molecule has 0 saturated carbocycles. The third-order valence-corrected chi connectivity index (χ3v) is 4.24. The van der Waals surface area contributed by atoms with Gasteiger partial charge in [-0.2, -0.15) is 0 Å². The van der Waals surface area contributed by atoms with E-state index in [0.717, 1.165) is 18.7 Å². The van der Waals surface area contributed by atoms with Crippen molar-refractivity contribution >= 4 is 11.6 Å². The number of hydrogen-bond acceptors (Lipinski definition) is 2. The molecule has 0 radical (unpaired) electrons. The van der Waals surface area contributed by atoms with Gasteiger partial charge < -0.3 is 5.73 Å². The number of rotatable bonds is 3. The van der Waals surface area contributed by atoms with Crippen LogP contribution in [-0.2, 0) is 0 Å². The number of nitrogens with two attached hydrogens (primary N) is 1. The van der Waals surface area contributed by atoms with Gasteiger partial charge in [0.2, 0.25) is 0 Å². The van der Waals surface area contributed by atoms with E-state index >= 15 is 0 Å². The van der Waals surface area contributed by atoms with Crippen molar-refractivity contribution in [2.24, 2.45) is 11.1 Å². The first-order chi connectivity index (χ1) is 8.93. The maximum atomic E-state index is 13.2. The van der Waals surface area contributed by atoms with E-state index in [9.17, 15) is 4.39 Å². The minimum atomic E-state index is -0.302. The highest BCUT2D eigenvalue weighted by Crippen LogP contribution is 2.35. The van der Waals surface area contributed by atoms with Crippen LogP contribution in [0.3, 0.4) is 0 Å². The molecule has 1 aromatic rings. The highest BCUT2D eigenvalue weighted by atomic mass is 35.5. The molecule has 1 aliphatic heterocycles. The second-order valence-electron chi connectivity index (χ2n) is 6.16. The molecular formula is C15H22ClFN2. The Balaban J connectivity index is 2.24. The van der Waals surface area contributed by atoms with Gasteiger partial charge in [-0.3, -0.25) is 4.90 Å². The van der Waals surface area contributed by atoms with Gasteiger partial charge in [-0.25, -0.2) is 4.39 Å². The molecular weight excluding hydrogens is 263 g/mol. The fraction of sp³-hybridized carbons (Fsp3) is 0.600. The van der Waals surface area contributed by atoms with E-state index in [1.54, 1.807) is 6.07 Å². The van der Waals surface area contributed by atoms with Gasteiger partial charge in [-0.05, 0) is 42.5 Å². The summed E-state index contributed by atoms with van der Waals surface area (Å²) in [5.74, 6) is -0.302. The minimum Gasteiger partial charge on any atom is -0.329 e. The van der Waals surface area contributed by atoms with Crippen molar-refractivity contribution in [1.82, 2.24) is 4.90 Å². The maximum Gasteiger partial charge on any atom is 0.124 e. The van der Waals surface area contributed by atoms with Crippen LogP contribution in [0.25, 0.3) is 0 Å². The summed E-state index contributed by atoms with van der Waals surface area (Å²) in [6.07, 6.45) is 2.40. The summed E-state index contributed by atoms with van der Waals surface area (Å²) in [5, 5.41) is 0.471. The van der Waals surface area contributed by atoms with Gasteiger partial charge in [-0.1, -0.05) is 31.5 Å². The first-order valence-electron chi connectivity index (χ1n) is 6.82. The highest BCUT2D eigenvalue weighted by Gasteiger charge is 2.31. The van der Waals surface area contributed by atoms with Crippen molar-refractivity contribution in [1.29, 1.82) is 0 Å². The second-order valence-corrected chi connectivity index (χ2v) is 6.56. The Hall–Kier alpha value is -0.640. The highest BCUT2D eigenvalue weighted by molar-refractivity contribution is 6.31. The monoisotopic (exact) mass is 284 g/mol. The van der Waals surface area contributed by atoms with Crippen LogP contribution < -0.4 is 5.73 Å². The van der Waals surface area contributed by atoms with Gasteiger partial charge in [0.1, 0.15) is 5.82 Å². The molecule has 4 heteroatoms. The Morgan fingerprint density at radius 3 is 2.79 bits per heavy atom. The Labute approximate surface area is 119 Å². The summed E-state index contributed by atoms with van der Waals surface area (Å²) >= 11 is 6.17. The standard InChI is InChI=1S/C15H22ClFN2/c1-15(2)6-3-7-19(10-15)14(9-18)12-5-4-11(17)8-13(12)16/h4-5,8,14H,3,6-7,9-10,18H2,1-2H3. The fourth-order valence-electron chi connectivity index (χ4n) is 2.98. The largest absolute Gasteiger partial charge is 0.329 e. The Morgan fingerprint density at radius 1 is 1.47 bits per heavy atom. The zero-order valence-electron chi connectivity index (χ0n) is 11.6. The third-order valence-electron chi connectivity index (χ3n) is 3.92. The lowest BCUT2D eigenvalue weighted by molar-refractivity contribution is 0.0807. The first kappa shape index (κ1) is 14.8. The molecule has 0 aromatic heterocycles. The SMILES string of the molecule is CC1(C)CCCN(C(CN)c2ccc(F)cc2Cl)C1. The van der Waals surface area contributed by atoms with Crippen molar-refractivity contribution in [2.75, 3.05) is 19.6 Å². The number of piperidine rings is 1. The molecule has 0 aliphatic carbocycles. The molecule has 0 bridgehead atoms. The van der Waals surface area contributed by atoms with Crippen molar-refractivity contribution < 1.29 is 4.39 Å². The summed E-state index contributed by atoms with van der Waals surface area (Å²) in [7, 11) is 0. The maximum absolute atomic E-state index is 13.2. The van der Waals surface area contributed by atoms with Crippen molar-refractivity contribution in [3.63, 3.8) is 0 Å². The fourth-order valence-corrected chi connectivity index (χ4v) is 3.27. The van der Waals surface area contributed by atoms with Crippen molar-refractivity contribution in [2.45, 2.75) is 32.7 Å². The zero-order valence-corrected chi connectivity index (χ0v) is 12.4. The lowest BCUT2D eigenvalue weighted by atomic mass is 9.83. The zero-order chi connectivity index (χ0) is 14.0. The topological polar surface area (TPSA) is 29.3 Å². The Bertz CT molecular complexity index is 448. The molecule has 0 amide bonds. The third kappa shape index (κ3) is 3.47. The molecule has 2 rings (SSSR count). The van der Waals surface area contributed by atoms with Gasteiger partial charge in [0.15, 0.2) is 0 Å². The van der Waals surface area contributed by atoms with E-state index in [1.807, 2.05) is 0 Å². The second kappa shape index (κ2) is 5.78. The first-order valence-corrected chi connectivity index (χ1v) is 7.20. The molecule has 1 saturated heterocycles. The lowest BCUT2D eigenvalue weighted by Gasteiger charge is -2.42. The Kier molecular flexibility index (Phi) is 4.49. The molecule has 1 fully saturated rings. The number of benzene rings is 1. The minimum absolute atomic E-state index is 0.0766. The summed E-state index contributed by atoms with van der Waals surface area (Å²) < 4.78 is 13.2. The molecule has 1 aromatic carbocycles. The van der Waals surface area contributed by atoms with Crippen LogP contribution in [0.15, 0.2) is 18.2 Å². The summed E-state index contributed by atoms with van der Waals surface area (Å²) in [5.41, 5.74) is 7.17. The van der Waals surface area contributed by atoms with Gasteiger partial charge in [0.05, 0.1) is 0 Å². The summed E-state index contributed by atoms with van der Waals surface area (Å²) in [6.45, 7) is 7.08. The van der Waals surface area contributed by atoms with E-state index in [-0.39, 0.29) is 11.9 Å². The van der Waals surface area contributed by atoms with Crippen LogP contribution in [0.1, 0.15) is 38.3 Å². The van der Waals surface area contributed by atoms with Crippen LogP contribution >= 0.6 is 11.6 Å². The summed E-state index contributed by atoms with van der Waals surface area (Å²) in [6, 6.07) is 4.66. The van der Waals surface area contributed by atoms with Crippen molar-refractivity contribution in [3.05, 3.63) is 34.6 Å². The molecule has 106 valence electrons. The predicted molar refractivity (Wildman–Crippen MR) is 77.8 cm³/mol. The molecule has 1 aliphatic rings. The smallest absolute Gasteiger partial charge is 0.124 e. The molecule has 0 spiro atoms. The molecule has 19 heavy (non-hydrogen) atoms. The van der Waals surface area contributed by atoms with Crippen LogP contribution in [0.2, 0.25) is 5.02 Å². The molecule has 1 unspecified atom stereocenters. The van der Waals surface area contributed by atoms with Crippen LogP contribution in [0.4, 0.5) is 4.39 Å². The quantitative estimate of drug-likeness (QED) is 0.919. The van der Waals surface area contributed by atoms with Gasteiger partial charge >= 0.3 is 0 Å². The molecule has 1 atom stereocenters. The normalized spacial score (nSPS) is 21.3. The van der Waals surface area contributed by atoms with E-state index in [1.165, 1.54) is 25.0 Å². The van der Waals surface area contributed by atoms with Gasteiger partial charge in [0.25, 0.3) is 0 Å². The van der Waals surface area contributed by atoms with Crippen LogP contribution in [0.5, 0.6) is 0 Å². The average Bonchev–Trinajstić information content (AvgIpc) is 2.31. The number of likely N-dealkylation sites (tertiary alicyclic amines) is 1. The molecule has 2 nitrogen and oxygen atoms in total. The van der Waals surface area contributed by atoms with Gasteiger partial charge in [0, 0.05) is 24.2 Å². The van der Waals surface area contributed by atoms with E-state index in [2.05, 4.69) is 18.7 Å². The lowest BCUT2D eigenvalue weighted by Crippen LogP contribution is -2.44. The van der Waals surface area contributed by atoms with Gasteiger partial charge in [-0.15, -0.1) is 0 Å². The van der Waals surface area contributed by atoms with E-state index in [0.29, 0.717) is 17.0 Å². The Morgan fingerprint density at radius 2 is 2.21 bits per heavy atom. The number of nitrogens with zero attached hydrogens (tertiary/aromatic N) is 1. The molecule has 1 heterocycles. The van der Waals surface area contributed by atoms with Crippen LogP contribution in [-0.4, -0.2) is 24.5 Å². The molecule has 2 N–H and O–H groups in total. The predicted octanol–water partition coefficient (Wildman–Crippen LogP) is 3.60. The summed E-state index contributed by atoms with van der Waals surface area (Å²) in [4.78, 5) is 2.38. The van der Waals surface area contributed by atoms with Crippen molar-refractivity contribution in [3.8, 4) is 0 Å². The van der Waals surface area contributed by atoms with E-state index < -0.39 is 0 Å². The number of hydrogen-bond donors (Lipinski definition) is 1. The average molecular weight is 285 g/mol. The number of halogens is 2. The van der Waals surface area contributed by atoms with Crippen LogP contribution in [0, 0.1) is 11.2 Å². The van der Waals surface area contributed by atoms with E-state index in [4.69, 9.17) is 17.3 Å².